The van der Waals surface area contributed by atoms with Gasteiger partial charge in [0.25, 0.3) is 5.56 Å². The zero-order valence-corrected chi connectivity index (χ0v) is 14.7. The van der Waals surface area contributed by atoms with Crippen LogP contribution in [0.1, 0.15) is 11.4 Å². The van der Waals surface area contributed by atoms with Crippen molar-refractivity contribution in [3.05, 3.63) is 76.9 Å². The number of nitrogens with zero attached hydrogens (tertiary/aromatic N) is 2. The number of methoxy groups -OCH3 is 1. The molecule has 0 radical (unpaired) electrons. The Hall–Kier alpha value is -3.85. The number of nitriles is 1. The summed E-state index contributed by atoms with van der Waals surface area (Å²) in [6.07, 6.45) is 3.27. The molecule has 134 valence electrons. The summed E-state index contributed by atoms with van der Waals surface area (Å²) in [6, 6.07) is 14.4. The third-order valence-electron chi connectivity index (χ3n) is 3.84. The number of para-hydroxylation sites is 1. The summed E-state index contributed by atoms with van der Waals surface area (Å²) in [6.45, 7) is 3.97. The molecular formula is C21H17N3O3. The van der Waals surface area contributed by atoms with Crippen LogP contribution in [-0.2, 0) is 0 Å². The number of benzene rings is 2. The minimum Gasteiger partial charge on any atom is -0.493 e. The molecule has 0 aliphatic rings. The van der Waals surface area contributed by atoms with Gasteiger partial charge in [-0.2, -0.15) is 5.26 Å². The summed E-state index contributed by atoms with van der Waals surface area (Å²) in [4.78, 5) is 19.3. The van der Waals surface area contributed by atoms with E-state index in [4.69, 9.17) is 9.47 Å². The van der Waals surface area contributed by atoms with E-state index in [1.165, 1.54) is 7.11 Å². The van der Waals surface area contributed by atoms with Crippen LogP contribution in [0.25, 0.3) is 22.6 Å². The monoisotopic (exact) mass is 359 g/mol. The lowest BCUT2D eigenvalue weighted by molar-refractivity contribution is 0.326. The molecule has 0 amide bonds. The van der Waals surface area contributed by atoms with Crippen LogP contribution in [0.2, 0.25) is 0 Å². The molecule has 0 bridgehead atoms. The van der Waals surface area contributed by atoms with E-state index in [0.717, 1.165) is 0 Å². The lowest BCUT2D eigenvalue weighted by atomic mass is 10.1. The molecular weight excluding hydrogens is 342 g/mol. The second-order valence-corrected chi connectivity index (χ2v) is 5.61. The maximum atomic E-state index is 12.2. The van der Waals surface area contributed by atoms with E-state index < -0.39 is 0 Å². The molecule has 0 aliphatic heterocycles. The van der Waals surface area contributed by atoms with Crippen LogP contribution in [0.5, 0.6) is 11.5 Å². The largest absolute Gasteiger partial charge is 0.493 e. The van der Waals surface area contributed by atoms with Gasteiger partial charge in [0.2, 0.25) is 0 Å². The van der Waals surface area contributed by atoms with Crippen LogP contribution in [0.4, 0.5) is 0 Å². The standard InChI is InChI=1S/C21H17N3O3/c1-3-10-27-18-9-8-14(12-19(18)26-2)11-15(13-22)20-23-17-7-5-4-6-16(17)21(25)24-20/h3-9,11-12H,1,10H2,2H3,(H,23,24,25). The fourth-order valence-electron chi connectivity index (χ4n) is 2.58. The Morgan fingerprint density at radius 1 is 1.30 bits per heavy atom. The number of fused-ring (bicyclic) bond motifs is 1. The van der Waals surface area contributed by atoms with E-state index in [9.17, 15) is 10.1 Å². The predicted molar refractivity (Wildman–Crippen MR) is 105 cm³/mol. The number of hydrogen-bond acceptors (Lipinski definition) is 5. The Labute approximate surface area is 156 Å². The average Bonchev–Trinajstić information content (AvgIpc) is 2.70. The minimum atomic E-state index is -0.289. The van der Waals surface area contributed by atoms with Crippen molar-refractivity contribution >= 4 is 22.6 Å². The van der Waals surface area contributed by atoms with Gasteiger partial charge in [-0.05, 0) is 35.9 Å². The van der Waals surface area contributed by atoms with Crippen LogP contribution < -0.4 is 15.0 Å². The van der Waals surface area contributed by atoms with Gasteiger partial charge in [0, 0.05) is 0 Å². The van der Waals surface area contributed by atoms with E-state index in [1.54, 1.807) is 54.6 Å². The maximum Gasteiger partial charge on any atom is 0.259 e. The van der Waals surface area contributed by atoms with Crippen molar-refractivity contribution in [3.63, 3.8) is 0 Å². The second kappa shape index (κ2) is 8.02. The highest BCUT2D eigenvalue weighted by atomic mass is 16.5. The average molecular weight is 359 g/mol. The molecule has 6 nitrogen and oxygen atoms in total. The Bertz CT molecular complexity index is 1120. The first-order valence-corrected chi connectivity index (χ1v) is 8.19. The van der Waals surface area contributed by atoms with Crippen molar-refractivity contribution in [2.75, 3.05) is 13.7 Å². The Balaban J connectivity index is 2.03. The topological polar surface area (TPSA) is 88.0 Å². The first-order valence-electron chi connectivity index (χ1n) is 8.19. The molecule has 3 rings (SSSR count). The van der Waals surface area contributed by atoms with Crippen LogP contribution in [0, 0.1) is 11.3 Å². The summed E-state index contributed by atoms with van der Waals surface area (Å²) in [5.74, 6) is 1.32. The Morgan fingerprint density at radius 3 is 2.85 bits per heavy atom. The Kier molecular flexibility index (Phi) is 5.33. The lowest BCUT2D eigenvalue weighted by Gasteiger charge is -2.10. The third-order valence-corrected chi connectivity index (χ3v) is 3.84. The first kappa shape index (κ1) is 18.0. The highest BCUT2D eigenvalue weighted by Gasteiger charge is 2.10. The molecule has 1 N–H and O–H groups in total. The van der Waals surface area contributed by atoms with Crippen molar-refractivity contribution in [2.24, 2.45) is 0 Å². The molecule has 1 heterocycles. The fraction of sp³-hybridized carbons (Fsp3) is 0.0952. The summed E-state index contributed by atoms with van der Waals surface area (Å²) >= 11 is 0. The molecule has 1 aromatic heterocycles. The van der Waals surface area contributed by atoms with Gasteiger partial charge in [0.15, 0.2) is 17.3 Å². The zero-order chi connectivity index (χ0) is 19.2. The van der Waals surface area contributed by atoms with Crippen molar-refractivity contribution in [2.45, 2.75) is 0 Å². The number of allylic oxidation sites excluding steroid dienone is 1. The van der Waals surface area contributed by atoms with Gasteiger partial charge in [-0.25, -0.2) is 4.98 Å². The summed E-state index contributed by atoms with van der Waals surface area (Å²) in [7, 11) is 1.54. The zero-order valence-electron chi connectivity index (χ0n) is 14.7. The number of ether oxygens (including phenoxy) is 2. The number of aromatic amines is 1. The summed E-state index contributed by atoms with van der Waals surface area (Å²) in [5.41, 5.74) is 1.19. The number of rotatable bonds is 6. The molecule has 0 saturated carbocycles. The van der Waals surface area contributed by atoms with E-state index in [-0.39, 0.29) is 17.0 Å². The molecule has 6 heteroatoms. The normalized spacial score (nSPS) is 11.0. The molecule has 0 saturated heterocycles. The third kappa shape index (κ3) is 3.88. The molecule has 0 fully saturated rings. The van der Waals surface area contributed by atoms with Gasteiger partial charge in [-0.15, -0.1) is 0 Å². The number of aromatic nitrogens is 2. The molecule has 0 unspecified atom stereocenters. The van der Waals surface area contributed by atoms with Gasteiger partial charge in [0.05, 0.1) is 23.6 Å². The SMILES string of the molecule is C=CCOc1ccc(C=C(C#N)c2nc3ccccc3c(=O)[nH]2)cc1OC. The van der Waals surface area contributed by atoms with Crippen LogP contribution in [0.15, 0.2) is 59.9 Å². The van der Waals surface area contributed by atoms with E-state index in [2.05, 4.69) is 22.6 Å². The molecule has 3 aromatic rings. The van der Waals surface area contributed by atoms with Crippen LogP contribution >= 0.6 is 0 Å². The van der Waals surface area contributed by atoms with Crippen molar-refractivity contribution in [1.82, 2.24) is 9.97 Å². The maximum absolute atomic E-state index is 12.2. The van der Waals surface area contributed by atoms with Gasteiger partial charge < -0.3 is 14.5 Å². The minimum absolute atomic E-state index is 0.215. The Morgan fingerprint density at radius 2 is 2.11 bits per heavy atom. The molecule has 0 aliphatic carbocycles. The molecule has 0 spiro atoms. The fourth-order valence-corrected chi connectivity index (χ4v) is 2.58. The van der Waals surface area contributed by atoms with Gasteiger partial charge >= 0.3 is 0 Å². The van der Waals surface area contributed by atoms with Crippen LogP contribution in [0.3, 0.4) is 0 Å². The number of hydrogen-bond donors (Lipinski definition) is 1. The predicted octanol–water partition coefficient (Wildman–Crippen LogP) is 3.56. The first-order chi connectivity index (χ1) is 13.2. The smallest absolute Gasteiger partial charge is 0.259 e. The van der Waals surface area contributed by atoms with Gasteiger partial charge in [0.1, 0.15) is 12.7 Å². The molecule has 2 aromatic carbocycles. The second-order valence-electron chi connectivity index (χ2n) is 5.61. The lowest BCUT2D eigenvalue weighted by Crippen LogP contribution is -2.11. The van der Waals surface area contributed by atoms with Gasteiger partial charge in [-0.3, -0.25) is 4.79 Å². The summed E-state index contributed by atoms with van der Waals surface area (Å²) < 4.78 is 10.9. The van der Waals surface area contributed by atoms with Crippen molar-refractivity contribution in [1.29, 1.82) is 5.26 Å². The van der Waals surface area contributed by atoms with Crippen molar-refractivity contribution < 1.29 is 9.47 Å². The van der Waals surface area contributed by atoms with E-state index >= 15 is 0 Å². The molecule has 0 atom stereocenters. The quantitative estimate of drug-likeness (QED) is 0.537. The van der Waals surface area contributed by atoms with Gasteiger partial charge in [-0.1, -0.05) is 30.9 Å². The van der Waals surface area contributed by atoms with E-state index in [0.29, 0.717) is 34.6 Å². The summed E-state index contributed by atoms with van der Waals surface area (Å²) in [5, 5.41) is 10.0. The number of nitrogens with one attached hydrogen (secondary N) is 1. The number of H-pyrrole nitrogens is 1. The molecule has 27 heavy (non-hydrogen) atoms. The van der Waals surface area contributed by atoms with Crippen LogP contribution in [-0.4, -0.2) is 23.7 Å². The van der Waals surface area contributed by atoms with Crippen molar-refractivity contribution in [3.8, 4) is 17.6 Å². The highest BCUT2D eigenvalue weighted by Crippen LogP contribution is 2.29. The van der Waals surface area contributed by atoms with E-state index in [1.807, 2.05) is 0 Å². The highest BCUT2D eigenvalue weighted by molar-refractivity contribution is 5.89.